The van der Waals surface area contributed by atoms with Crippen molar-refractivity contribution in [3.8, 4) is 0 Å². The first-order chi connectivity index (χ1) is 6.77. The molecule has 1 heteroatoms. The quantitative estimate of drug-likeness (QED) is 0.602. The van der Waals surface area contributed by atoms with Crippen LogP contribution in [0.2, 0.25) is 0 Å². The fraction of sp³-hybridized carbons (Fsp3) is 0.308. The molecule has 1 atom stereocenters. The molecule has 0 spiro atoms. The van der Waals surface area contributed by atoms with Gasteiger partial charge in [-0.05, 0) is 36.5 Å². The van der Waals surface area contributed by atoms with E-state index in [4.69, 9.17) is 0 Å². The van der Waals surface area contributed by atoms with Gasteiger partial charge < -0.3 is 0 Å². The van der Waals surface area contributed by atoms with E-state index in [1.165, 1.54) is 16.7 Å². The van der Waals surface area contributed by atoms with Crippen molar-refractivity contribution in [3.63, 3.8) is 0 Å². The minimum atomic E-state index is 0.568. The van der Waals surface area contributed by atoms with Gasteiger partial charge in [0.15, 0.2) is 0 Å². The Morgan fingerprint density at radius 2 is 2.21 bits per heavy atom. The van der Waals surface area contributed by atoms with Gasteiger partial charge in [0.1, 0.15) is 0 Å². The minimum absolute atomic E-state index is 0.568. The fourth-order valence-electron chi connectivity index (χ4n) is 1.76. The van der Waals surface area contributed by atoms with Crippen molar-refractivity contribution in [2.45, 2.75) is 26.2 Å². The first kappa shape index (κ1) is 9.20. The molecule has 1 aliphatic rings. The summed E-state index contributed by atoms with van der Waals surface area (Å²) in [6, 6.07) is 2.08. The third-order valence-electron chi connectivity index (χ3n) is 2.74. The van der Waals surface area contributed by atoms with Gasteiger partial charge in [-0.1, -0.05) is 30.7 Å². The van der Waals surface area contributed by atoms with Crippen LogP contribution in [0.15, 0.2) is 36.2 Å². The van der Waals surface area contributed by atoms with E-state index < -0.39 is 0 Å². The third kappa shape index (κ3) is 1.77. The highest BCUT2D eigenvalue weighted by atomic mass is 14.6. The van der Waals surface area contributed by atoms with Crippen molar-refractivity contribution in [2.75, 3.05) is 0 Å². The van der Waals surface area contributed by atoms with E-state index in [0.717, 1.165) is 6.42 Å². The Kier molecular flexibility index (Phi) is 2.49. The van der Waals surface area contributed by atoms with E-state index in [-0.39, 0.29) is 0 Å². The SMILES string of the molecule is CC1=C\CC(C)c2cnccc2/C=C\1. The monoisotopic (exact) mass is 185 g/mol. The summed E-state index contributed by atoms with van der Waals surface area (Å²) in [6.07, 6.45) is 11.6. The van der Waals surface area contributed by atoms with E-state index in [1.54, 1.807) is 0 Å². The molecule has 1 aliphatic carbocycles. The topological polar surface area (TPSA) is 12.9 Å². The van der Waals surface area contributed by atoms with E-state index in [0.29, 0.717) is 5.92 Å². The first-order valence-electron chi connectivity index (χ1n) is 5.06. The highest BCUT2D eigenvalue weighted by Gasteiger charge is 2.09. The van der Waals surface area contributed by atoms with Crippen LogP contribution in [0.3, 0.4) is 0 Å². The molecule has 1 heterocycles. The summed E-state index contributed by atoms with van der Waals surface area (Å²) < 4.78 is 0. The number of nitrogens with zero attached hydrogens (tertiary/aromatic N) is 1. The van der Waals surface area contributed by atoms with Crippen LogP contribution < -0.4 is 0 Å². The second-order valence-corrected chi connectivity index (χ2v) is 3.92. The molecule has 14 heavy (non-hydrogen) atoms. The number of hydrogen-bond acceptors (Lipinski definition) is 1. The summed E-state index contributed by atoms with van der Waals surface area (Å²) in [4.78, 5) is 4.19. The Balaban J connectivity index is 2.48. The molecule has 0 saturated heterocycles. The number of aromatic nitrogens is 1. The first-order valence-corrected chi connectivity index (χ1v) is 5.06. The molecule has 0 amide bonds. The molecular weight excluding hydrogens is 170 g/mol. The molecule has 72 valence electrons. The van der Waals surface area contributed by atoms with Gasteiger partial charge in [-0.15, -0.1) is 0 Å². The molecule has 1 aromatic rings. The Morgan fingerprint density at radius 1 is 1.36 bits per heavy atom. The van der Waals surface area contributed by atoms with Crippen LogP contribution in [0.25, 0.3) is 6.08 Å². The average molecular weight is 185 g/mol. The van der Waals surface area contributed by atoms with Crippen LogP contribution >= 0.6 is 0 Å². The minimum Gasteiger partial charge on any atom is -0.264 e. The number of pyridine rings is 1. The second kappa shape index (κ2) is 3.79. The Hall–Kier alpha value is -1.37. The van der Waals surface area contributed by atoms with Crippen LogP contribution in [0.1, 0.15) is 37.3 Å². The van der Waals surface area contributed by atoms with Gasteiger partial charge >= 0.3 is 0 Å². The summed E-state index contributed by atoms with van der Waals surface area (Å²) in [5.74, 6) is 0.568. The van der Waals surface area contributed by atoms with Gasteiger partial charge in [0.2, 0.25) is 0 Å². The molecule has 0 radical (unpaired) electrons. The van der Waals surface area contributed by atoms with E-state index in [2.05, 4.69) is 43.1 Å². The molecule has 2 rings (SSSR count). The van der Waals surface area contributed by atoms with Gasteiger partial charge in [0.25, 0.3) is 0 Å². The number of allylic oxidation sites excluding steroid dienone is 3. The van der Waals surface area contributed by atoms with Crippen molar-refractivity contribution < 1.29 is 0 Å². The van der Waals surface area contributed by atoms with Crippen molar-refractivity contribution in [1.29, 1.82) is 0 Å². The second-order valence-electron chi connectivity index (χ2n) is 3.92. The standard InChI is InChI=1S/C13H15N/c1-10-3-5-11(2)13-9-14-8-7-12(13)6-4-10/h3-4,6-9,11H,5H2,1-2H3/b6-4-,10-3+. The van der Waals surface area contributed by atoms with Gasteiger partial charge in [0, 0.05) is 12.4 Å². The maximum atomic E-state index is 4.19. The predicted molar refractivity (Wildman–Crippen MR) is 60.1 cm³/mol. The molecule has 1 unspecified atom stereocenters. The van der Waals surface area contributed by atoms with Crippen LogP contribution in [0.5, 0.6) is 0 Å². The highest BCUT2D eigenvalue weighted by molar-refractivity contribution is 5.57. The Bertz CT molecular complexity index is 388. The van der Waals surface area contributed by atoms with Crippen molar-refractivity contribution in [3.05, 3.63) is 47.3 Å². The van der Waals surface area contributed by atoms with Crippen LogP contribution in [-0.4, -0.2) is 4.98 Å². The molecule has 0 bridgehead atoms. The predicted octanol–water partition coefficient (Wildman–Crippen LogP) is 3.55. The summed E-state index contributed by atoms with van der Waals surface area (Å²) in [7, 11) is 0. The number of hydrogen-bond donors (Lipinski definition) is 0. The molecule has 0 N–H and O–H groups in total. The largest absolute Gasteiger partial charge is 0.264 e. The maximum Gasteiger partial charge on any atom is 0.0308 e. The summed E-state index contributed by atoms with van der Waals surface area (Å²) in [6.45, 7) is 4.40. The Labute approximate surface area is 85.2 Å². The lowest BCUT2D eigenvalue weighted by atomic mass is 9.92. The fourth-order valence-corrected chi connectivity index (χ4v) is 1.76. The molecular formula is C13H15N. The van der Waals surface area contributed by atoms with E-state index >= 15 is 0 Å². The zero-order valence-electron chi connectivity index (χ0n) is 8.70. The summed E-state index contributed by atoms with van der Waals surface area (Å²) >= 11 is 0. The lowest BCUT2D eigenvalue weighted by Gasteiger charge is -2.14. The van der Waals surface area contributed by atoms with Gasteiger partial charge in [-0.2, -0.15) is 0 Å². The highest BCUT2D eigenvalue weighted by Crippen LogP contribution is 2.26. The molecule has 0 aromatic carbocycles. The van der Waals surface area contributed by atoms with Crippen molar-refractivity contribution in [2.24, 2.45) is 0 Å². The Morgan fingerprint density at radius 3 is 3.07 bits per heavy atom. The zero-order chi connectivity index (χ0) is 9.97. The molecule has 0 fully saturated rings. The molecule has 1 aromatic heterocycles. The lowest BCUT2D eigenvalue weighted by Crippen LogP contribution is -1.98. The normalized spacial score (nSPS) is 26.7. The van der Waals surface area contributed by atoms with Crippen molar-refractivity contribution >= 4 is 6.08 Å². The summed E-state index contributed by atoms with van der Waals surface area (Å²) in [5.41, 5.74) is 4.01. The molecule has 0 saturated carbocycles. The van der Waals surface area contributed by atoms with Crippen molar-refractivity contribution in [1.82, 2.24) is 4.98 Å². The van der Waals surface area contributed by atoms with Crippen LogP contribution in [-0.2, 0) is 0 Å². The molecule has 0 aliphatic heterocycles. The van der Waals surface area contributed by atoms with Crippen LogP contribution in [0, 0.1) is 0 Å². The van der Waals surface area contributed by atoms with Gasteiger partial charge in [0.05, 0.1) is 0 Å². The number of rotatable bonds is 0. The maximum absolute atomic E-state index is 4.19. The summed E-state index contributed by atoms with van der Waals surface area (Å²) in [5, 5.41) is 0. The van der Waals surface area contributed by atoms with Gasteiger partial charge in [-0.3, -0.25) is 4.98 Å². The lowest BCUT2D eigenvalue weighted by molar-refractivity contribution is 0.769. The number of fused-ring (bicyclic) bond motifs is 1. The third-order valence-corrected chi connectivity index (χ3v) is 2.74. The van der Waals surface area contributed by atoms with Gasteiger partial charge in [-0.25, -0.2) is 0 Å². The van der Waals surface area contributed by atoms with E-state index in [9.17, 15) is 0 Å². The molecule has 1 nitrogen and oxygen atoms in total. The zero-order valence-corrected chi connectivity index (χ0v) is 8.70. The average Bonchev–Trinajstić information content (AvgIpc) is 2.21. The van der Waals surface area contributed by atoms with E-state index in [1.807, 2.05) is 12.4 Å². The smallest absolute Gasteiger partial charge is 0.0308 e. The van der Waals surface area contributed by atoms with Crippen LogP contribution in [0.4, 0.5) is 0 Å².